The summed E-state index contributed by atoms with van der Waals surface area (Å²) in [6, 6.07) is 11.8. The molecule has 2 aromatic rings. The van der Waals surface area contributed by atoms with Crippen molar-refractivity contribution in [3.8, 4) is 0 Å². The number of hydrogen-bond acceptors (Lipinski definition) is 3. The predicted molar refractivity (Wildman–Crippen MR) is 122 cm³/mol. The largest absolute Gasteiger partial charge is 0.354 e. The van der Waals surface area contributed by atoms with Gasteiger partial charge in [-0.1, -0.05) is 47.8 Å². The van der Waals surface area contributed by atoms with Crippen LogP contribution in [0.25, 0.3) is 0 Å². The lowest BCUT2D eigenvalue weighted by Crippen LogP contribution is -2.48. The molecular formula is C21H23Cl3N2O2S. The molecule has 2 amide bonds. The van der Waals surface area contributed by atoms with Gasteiger partial charge in [0.15, 0.2) is 0 Å². The molecule has 156 valence electrons. The Balaban J connectivity index is 2.19. The van der Waals surface area contributed by atoms with Crippen molar-refractivity contribution in [1.82, 2.24) is 10.2 Å². The van der Waals surface area contributed by atoms with Crippen LogP contribution in [0, 0.1) is 0 Å². The molecule has 1 unspecified atom stereocenters. The lowest BCUT2D eigenvalue weighted by atomic mass is 10.1. The van der Waals surface area contributed by atoms with Gasteiger partial charge in [0.1, 0.15) is 6.04 Å². The van der Waals surface area contributed by atoms with Gasteiger partial charge >= 0.3 is 0 Å². The molecule has 29 heavy (non-hydrogen) atoms. The highest BCUT2D eigenvalue weighted by atomic mass is 35.5. The van der Waals surface area contributed by atoms with Crippen LogP contribution in [0.4, 0.5) is 0 Å². The zero-order valence-electron chi connectivity index (χ0n) is 16.3. The zero-order valence-corrected chi connectivity index (χ0v) is 19.3. The first kappa shape index (κ1) is 23.9. The number of amides is 2. The van der Waals surface area contributed by atoms with Gasteiger partial charge in [0, 0.05) is 38.6 Å². The van der Waals surface area contributed by atoms with Crippen LogP contribution < -0.4 is 5.32 Å². The molecule has 0 aliphatic heterocycles. The molecule has 2 rings (SSSR count). The van der Waals surface area contributed by atoms with Crippen molar-refractivity contribution in [3.63, 3.8) is 0 Å². The van der Waals surface area contributed by atoms with Crippen LogP contribution in [0.15, 0.2) is 47.4 Å². The number of nitrogens with one attached hydrogen (secondary N) is 1. The van der Waals surface area contributed by atoms with Crippen molar-refractivity contribution in [2.75, 3.05) is 12.3 Å². The van der Waals surface area contributed by atoms with Gasteiger partial charge in [-0.2, -0.15) is 0 Å². The Hall–Kier alpha value is -1.40. The van der Waals surface area contributed by atoms with E-state index in [9.17, 15) is 9.59 Å². The second-order valence-electron chi connectivity index (χ2n) is 6.43. The Labute approximate surface area is 190 Å². The molecule has 4 nitrogen and oxygen atoms in total. The van der Waals surface area contributed by atoms with Crippen molar-refractivity contribution < 1.29 is 9.59 Å². The van der Waals surface area contributed by atoms with Gasteiger partial charge in [-0.3, -0.25) is 9.59 Å². The molecule has 0 aliphatic carbocycles. The zero-order chi connectivity index (χ0) is 21.4. The summed E-state index contributed by atoms with van der Waals surface area (Å²) in [5.41, 5.74) is 0.621. The number of rotatable bonds is 9. The number of thioether (sulfide) groups is 1. The van der Waals surface area contributed by atoms with Gasteiger partial charge in [0.25, 0.3) is 0 Å². The van der Waals surface area contributed by atoms with Crippen LogP contribution in [-0.2, 0) is 16.1 Å². The quantitative estimate of drug-likeness (QED) is 0.476. The smallest absolute Gasteiger partial charge is 0.242 e. The van der Waals surface area contributed by atoms with E-state index in [1.54, 1.807) is 37.3 Å². The summed E-state index contributed by atoms with van der Waals surface area (Å²) >= 11 is 19.9. The van der Waals surface area contributed by atoms with Gasteiger partial charge in [-0.05, 0) is 49.7 Å². The summed E-state index contributed by atoms with van der Waals surface area (Å²) in [5, 5.41) is 4.40. The van der Waals surface area contributed by atoms with Gasteiger partial charge in [-0.15, -0.1) is 11.8 Å². The van der Waals surface area contributed by atoms with Crippen molar-refractivity contribution in [3.05, 3.63) is 63.1 Å². The highest BCUT2D eigenvalue weighted by Gasteiger charge is 2.27. The summed E-state index contributed by atoms with van der Waals surface area (Å²) in [4.78, 5) is 28.0. The van der Waals surface area contributed by atoms with Crippen LogP contribution in [0.1, 0.15) is 25.8 Å². The fourth-order valence-corrected chi connectivity index (χ4v) is 4.02. The van der Waals surface area contributed by atoms with Crippen LogP contribution >= 0.6 is 46.6 Å². The van der Waals surface area contributed by atoms with E-state index in [1.807, 2.05) is 19.1 Å². The summed E-state index contributed by atoms with van der Waals surface area (Å²) in [6.07, 6.45) is 0.815. The minimum atomic E-state index is -0.660. The first-order valence-corrected chi connectivity index (χ1v) is 11.3. The average Bonchev–Trinajstić information content (AvgIpc) is 2.70. The molecule has 0 saturated carbocycles. The third-order valence-electron chi connectivity index (χ3n) is 4.28. The first-order chi connectivity index (χ1) is 13.8. The Morgan fingerprint density at radius 1 is 1.07 bits per heavy atom. The van der Waals surface area contributed by atoms with Gasteiger partial charge < -0.3 is 10.2 Å². The monoisotopic (exact) mass is 472 g/mol. The molecule has 0 bridgehead atoms. The van der Waals surface area contributed by atoms with Crippen molar-refractivity contribution in [2.45, 2.75) is 37.8 Å². The molecule has 8 heteroatoms. The summed E-state index contributed by atoms with van der Waals surface area (Å²) < 4.78 is 0. The SMILES string of the molecule is CCCNC(=O)C(C)N(Cc1c(Cl)cccc1Cl)C(=O)CSc1ccc(Cl)cc1. The van der Waals surface area contributed by atoms with Crippen molar-refractivity contribution in [2.24, 2.45) is 0 Å². The highest BCUT2D eigenvalue weighted by Crippen LogP contribution is 2.27. The van der Waals surface area contributed by atoms with E-state index < -0.39 is 6.04 Å². The molecule has 0 saturated heterocycles. The van der Waals surface area contributed by atoms with Crippen LogP contribution in [-0.4, -0.2) is 35.1 Å². The molecule has 2 aromatic carbocycles. The number of halogens is 3. The molecule has 0 heterocycles. The normalized spacial score (nSPS) is 11.8. The highest BCUT2D eigenvalue weighted by molar-refractivity contribution is 8.00. The fraction of sp³-hybridized carbons (Fsp3) is 0.333. The maximum atomic E-state index is 13.0. The number of nitrogens with zero attached hydrogens (tertiary/aromatic N) is 1. The maximum Gasteiger partial charge on any atom is 0.242 e. The van der Waals surface area contributed by atoms with Crippen LogP contribution in [0.5, 0.6) is 0 Å². The van der Waals surface area contributed by atoms with E-state index in [2.05, 4.69) is 5.32 Å². The van der Waals surface area contributed by atoms with Gasteiger partial charge in [0.05, 0.1) is 5.75 Å². The number of hydrogen-bond donors (Lipinski definition) is 1. The average molecular weight is 474 g/mol. The van der Waals surface area contributed by atoms with E-state index in [0.29, 0.717) is 27.2 Å². The van der Waals surface area contributed by atoms with E-state index >= 15 is 0 Å². The van der Waals surface area contributed by atoms with Crippen LogP contribution in [0.3, 0.4) is 0 Å². The van der Waals surface area contributed by atoms with E-state index in [1.165, 1.54) is 16.7 Å². The van der Waals surface area contributed by atoms with E-state index in [0.717, 1.165) is 11.3 Å². The lowest BCUT2D eigenvalue weighted by Gasteiger charge is -2.29. The van der Waals surface area contributed by atoms with Crippen molar-refractivity contribution >= 4 is 58.4 Å². The third kappa shape index (κ3) is 7.10. The molecule has 0 aliphatic rings. The van der Waals surface area contributed by atoms with E-state index in [-0.39, 0.29) is 24.1 Å². The second-order valence-corrected chi connectivity index (χ2v) is 8.73. The molecular weight excluding hydrogens is 451 g/mol. The first-order valence-electron chi connectivity index (χ1n) is 9.22. The summed E-state index contributed by atoms with van der Waals surface area (Å²) in [5.74, 6) is -0.213. The lowest BCUT2D eigenvalue weighted by molar-refractivity contribution is -0.138. The number of carbonyl (C=O) groups is 2. The van der Waals surface area contributed by atoms with E-state index in [4.69, 9.17) is 34.8 Å². The minimum Gasteiger partial charge on any atom is -0.354 e. The standard InChI is InChI=1S/C21H23Cl3N2O2S/c1-3-11-25-21(28)14(2)26(12-17-18(23)5-4-6-19(17)24)20(27)13-29-16-9-7-15(22)8-10-16/h4-10,14H,3,11-13H2,1-2H3,(H,25,28). The Morgan fingerprint density at radius 2 is 1.69 bits per heavy atom. The fourth-order valence-electron chi connectivity index (χ4n) is 2.59. The Kier molecular flexibility index (Phi) is 9.63. The molecule has 1 atom stereocenters. The van der Waals surface area contributed by atoms with Gasteiger partial charge in [-0.25, -0.2) is 0 Å². The van der Waals surface area contributed by atoms with Gasteiger partial charge in [0.2, 0.25) is 11.8 Å². The Bertz CT molecular complexity index is 826. The Morgan fingerprint density at radius 3 is 2.28 bits per heavy atom. The summed E-state index contributed by atoms with van der Waals surface area (Å²) in [6.45, 7) is 4.39. The number of carbonyl (C=O) groups excluding carboxylic acids is 2. The topological polar surface area (TPSA) is 49.4 Å². The maximum absolute atomic E-state index is 13.0. The minimum absolute atomic E-state index is 0.152. The number of benzene rings is 2. The van der Waals surface area contributed by atoms with Crippen molar-refractivity contribution in [1.29, 1.82) is 0 Å². The van der Waals surface area contributed by atoms with Crippen LogP contribution in [0.2, 0.25) is 15.1 Å². The third-order valence-corrected chi connectivity index (χ3v) is 6.24. The molecule has 0 aromatic heterocycles. The molecule has 0 spiro atoms. The molecule has 1 N–H and O–H groups in total. The molecule has 0 radical (unpaired) electrons. The predicted octanol–water partition coefficient (Wildman–Crippen LogP) is 5.68. The molecule has 0 fully saturated rings. The summed E-state index contributed by atoms with van der Waals surface area (Å²) in [7, 11) is 0. The second kappa shape index (κ2) is 11.7.